The van der Waals surface area contributed by atoms with Gasteiger partial charge in [-0.2, -0.15) is 0 Å². The quantitative estimate of drug-likeness (QED) is 0.793. The van der Waals surface area contributed by atoms with Gasteiger partial charge in [0.1, 0.15) is 0 Å². The molecule has 2 aromatic rings. The molecule has 0 aliphatic rings. The molecule has 4 heteroatoms. The summed E-state index contributed by atoms with van der Waals surface area (Å²) in [7, 11) is 0. The van der Waals surface area contributed by atoms with Gasteiger partial charge in [0.25, 0.3) is 0 Å². The number of carbonyl (C=O) groups is 1. The molecule has 1 N–H and O–H groups in total. The van der Waals surface area contributed by atoms with Gasteiger partial charge < -0.3 is 10.1 Å². The second kappa shape index (κ2) is 7.14. The number of rotatable bonds is 5. The molecule has 0 bridgehead atoms. The summed E-state index contributed by atoms with van der Waals surface area (Å²) in [4.78, 5) is 12.0. The standard InChI is InChI=1S/C17H18ClNO2/c1-3-10-21-17(20)14-11-13(8-9-15(14)18)19-16-7-5-4-6-12(16)2/h4-9,11,19H,3,10H2,1-2H3. The number of hydrogen-bond acceptors (Lipinski definition) is 3. The molecule has 0 fully saturated rings. The summed E-state index contributed by atoms with van der Waals surface area (Å²) in [6.07, 6.45) is 0.782. The Hall–Kier alpha value is -2.00. The van der Waals surface area contributed by atoms with Crippen LogP contribution in [-0.4, -0.2) is 12.6 Å². The first kappa shape index (κ1) is 15.4. The second-order valence-electron chi connectivity index (χ2n) is 4.77. The summed E-state index contributed by atoms with van der Waals surface area (Å²) >= 11 is 6.08. The molecule has 0 aliphatic carbocycles. The Labute approximate surface area is 129 Å². The van der Waals surface area contributed by atoms with Crippen molar-refractivity contribution in [1.29, 1.82) is 0 Å². The van der Waals surface area contributed by atoms with Gasteiger partial charge in [-0.1, -0.05) is 36.7 Å². The van der Waals surface area contributed by atoms with Gasteiger partial charge in [0.05, 0.1) is 17.2 Å². The number of aryl methyl sites for hydroxylation is 1. The third kappa shape index (κ3) is 3.99. The zero-order chi connectivity index (χ0) is 15.2. The molecule has 0 saturated heterocycles. The third-order valence-corrected chi connectivity index (χ3v) is 3.38. The Balaban J connectivity index is 2.22. The lowest BCUT2D eigenvalue weighted by molar-refractivity contribution is 0.0505. The van der Waals surface area contributed by atoms with E-state index in [1.165, 1.54) is 0 Å². The van der Waals surface area contributed by atoms with Crippen molar-refractivity contribution >= 4 is 28.9 Å². The number of esters is 1. The highest BCUT2D eigenvalue weighted by Gasteiger charge is 2.12. The predicted molar refractivity (Wildman–Crippen MR) is 86.5 cm³/mol. The minimum absolute atomic E-state index is 0.378. The topological polar surface area (TPSA) is 38.3 Å². The molecule has 3 nitrogen and oxygen atoms in total. The number of para-hydroxylation sites is 1. The van der Waals surface area contributed by atoms with Crippen molar-refractivity contribution in [2.24, 2.45) is 0 Å². The first-order valence-corrected chi connectivity index (χ1v) is 7.29. The fourth-order valence-corrected chi connectivity index (χ4v) is 2.10. The summed E-state index contributed by atoms with van der Waals surface area (Å²) in [6.45, 7) is 4.37. The van der Waals surface area contributed by atoms with Crippen molar-refractivity contribution in [2.75, 3.05) is 11.9 Å². The van der Waals surface area contributed by atoms with Gasteiger partial charge in [-0.25, -0.2) is 4.79 Å². The summed E-state index contributed by atoms with van der Waals surface area (Å²) in [5.41, 5.74) is 3.30. The van der Waals surface area contributed by atoms with Gasteiger partial charge in [-0.05, 0) is 43.2 Å². The molecule has 2 aromatic carbocycles. The van der Waals surface area contributed by atoms with Crippen LogP contribution in [0, 0.1) is 6.92 Å². The fraction of sp³-hybridized carbons (Fsp3) is 0.235. The highest BCUT2D eigenvalue weighted by atomic mass is 35.5. The van der Waals surface area contributed by atoms with Gasteiger partial charge in [-0.15, -0.1) is 0 Å². The van der Waals surface area contributed by atoms with E-state index in [2.05, 4.69) is 5.32 Å². The van der Waals surface area contributed by atoms with Crippen molar-refractivity contribution in [3.8, 4) is 0 Å². The molecule has 0 radical (unpaired) electrons. The zero-order valence-electron chi connectivity index (χ0n) is 12.2. The number of nitrogens with one attached hydrogen (secondary N) is 1. The van der Waals surface area contributed by atoms with E-state index in [4.69, 9.17) is 16.3 Å². The largest absolute Gasteiger partial charge is 0.462 e. The van der Waals surface area contributed by atoms with Crippen LogP contribution in [0.1, 0.15) is 29.3 Å². The van der Waals surface area contributed by atoms with E-state index < -0.39 is 5.97 Å². The average Bonchev–Trinajstić information content (AvgIpc) is 2.49. The second-order valence-corrected chi connectivity index (χ2v) is 5.18. The Bertz CT molecular complexity index is 640. The molecule has 110 valence electrons. The van der Waals surface area contributed by atoms with Gasteiger partial charge in [-0.3, -0.25) is 0 Å². The van der Waals surface area contributed by atoms with E-state index in [1.54, 1.807) is 12.1 Å². The lowest BCUT2D eigenvalue weighted by Gasteiger charge is -2.11. The summed E-state index contributed by atoms with van der Waals surface area (Å²) in [5, 5.41) is 3.68. The normalized spacial score (nSPS) is 10.2. The highest BCUT2D eigenvalue weighted by Crippen LogP contribution is 2.25. The van der Waals surface area contributed by atoms with Crippen LogP contribution in [-0.2, 0) is 4.74 Å². The number of carbonyl (C=O) groups excluding carboxylic acids is 1. The first-order chi connectivity index (χ1) is 10.1. The lowest BCUT2D eigenvalue weighted by Crippen LogP contribution is -2.07. The number of ether oxygens (including phenoxy) is 1. The molecule has 21 heavy (non-hydrogen) atoms. The van der Waals surface area contributed by atoms with Gasteiger partial charge in [0, 0.05) is 11.4 Å². The van der Waals surface area contributed by atoms with E-state index in [0.29, 0.717) is 17.2 Å². The van der Waals surface area contributed by atoms with Crippen LogP contribution in [0.2, 0.25) is 5.02 Å². The highest BCUT2D eigenvalue weighted by molar-refractivity contribution is 6.33. The Morgan fingerprint density at radius 3 is 2.71 bits per heavy atom. The Kier molecular flexibility index (Phi) is 5.23. The SMILES string of the molecule is CCCOC(=O)c1cc(Nc2ccccc2C)ccc1Cl. The minimum atomic E-state index is -0.393. The molecular weight excluding hydrogens is 286 g/mol. The molecule has 0 unspecified atom stereocenters. The van der Waals surface area contributed by atoms with Crippen LogP contribution in [0.25, 0.3) is 0 Å². The lowest BCUT2D eigenvalue weighted by atomic mass is 10.1. The van der Waals surface area contributed by atoms with Crippen LogP contribution in [0.4, 0.5) is 11.4 Å². The van der Waals surface area contributed by atoms with Gasteiger partial charge >= 0.3 is 5.97 Å². The van der Waals surface area contributed by atoms with Crippen molar-refractivity contribution in [3.05, 3.63) is 58.6 Å². The van der Waals surface area contributed by atoms with Gasteiger partial charge in [0.2, 0.25) is 0 Å². The van der Waals surface area contributed by atoms with Crippen LogP contribution in [0.15, 0.2) is 42.5 Å². The maximum atomic E-state index is 12.0. The average molecular weight is 304 g/mol. The number of benzene rings is 2. The molecule has 0 amide bonds. The van der Waals surface area contributed by atoms with E-state index in [0.717, 1.165) is 23.4 Å². The zero-order valence-corrected chi connectivity index (χ0v) is 12.9. The van der Waals surface area contributed by atoms with Crippen LogP contribution in [0.5, 0.6) is 0 Å². The predicted octanol–water partition coefficient (Wildman–Crippen LogP) is 4.96. The van der Waals surface area contributed by atoms with E-state index in [-0.39, 0.29) is 0 Å². The first-order valence-electron chi connectivity index (χ1n) is 6.91. The summed E-state index contributed by atoms with van der Waals surface area (Å²) in [6, 6.07) is 13.2. The Morgan fingerprint density at radius 2 is 2.00 bits per heavy atom. The Morgan fingerprint density at radius 1 is 1.24 bits per heavy atom. The summed E-state index contributed by atoms with van der Waals surface area (Å²) < 4.78 is 5.14. The van der Waals surface area contributed by atoms with E-state index >= 15 is 0 Å². The van der Waals surface area contributed by atoms with Crippen molar-refractivity contribution < 1.29 is 9.53 Å². The smallest absolute Gasteiger partial charge is 0.339 e. The van der Waals surface area contributed by atoms with E-state index in [1.807, 2.05) is 44.2 Å². The third-order valence-electron chi connectivity index (χ3n) is 3.05. The molecular formula is C17H18ClNO2. The minimum Gasteiger partial charge on any atom is -0.462 e. The number of halogens is 1. The van der Waals surface area contributed by atoms with Crippen molar-refractivity contribution in [3.63, 3.8) is 0 Å². The monoisotopic (exact) mass is 303 g/mol. The van der Waals surface area contributed by atoms with Crippen molar-refractivity contribution in [1.82, 2.24) is 0 Å². The maximum Gasteiger partial charge on any atom is 0.339 e. The number of hydrogen-bond donors (Lipinski definition) is 1. The fourth-order valence-electron chi connectivity index (χ4n) is 1.90. The molecule has 0 atom stereocenters. The molecule has 0 aliphatic heterocycles. The van der Waals surface area contributed by atoms with Crippen molar-refractivity contribution in [2.45, 2.75) is 20.3 Å². The van der Waals surface area contributed by atoms with E-state index in [9.17, 15) is 4.79 Å². The van der Waals surface area contributed by atoms with Gasteiger partial charge in [0.15, 0.2) is 0 Å². The molecule has 0 aromatic heterocycles. The van der Waals surface area contributed by atoms with Crippen LogP contribution >= 0.6 is 11.6 Å². The summed E-state index contributed by atoms with van der Waals surface area (Å²) in [5.74, 6) is -0.393. The van der Waals surface area contributed by atoms with Crippen LogP contribution < -0.4 is 5.32 Å². The molecule has 0 heterocycles. The van der Waals surface area contributed by atoms with Crippen LogP contribution in [0.3, 0.4) is 0 Å². The number of anilines is 2. The molecule has 0 saturated carbocycles. The molecule has 2 rings (SSSR count). The molecule has 0 spiro atoms. The maximum absolute atomic E-state index is 12.0.